The summed E-state index contributed by atoms with van der Waals surface area (Å²) in [6.45, 7) is 6.49. The summed E-state index contributed by atoms with van der Waals surface area (Å²) in [6, 6.07) is 8.51. The maximum Gasteiger partial charge on any atom is 0.242 e. The number of aryl methyl sites for hydroxylation is 1. The molecule has 7 heteroatoms. The van der Waals surface area contributed by atoms with E-state index in [1.807, 2.05) is 4.90 Å². The van der Waals surface area contributed by atoms with Crippen molar-refractivity contribution in [2.24, 2.45) is 5.73 Å². The molecule has 1 aromatic rings. The Balaban J connectivity index is 0.00000144. The van der Waals surface area contributed by atoms with Gasteiger partial charge in [0.25, 0.3) is 0 Å². The van der Waals surface area contributed by atoms with Crippen LogP contribution in [0.2, 0.25) is 0 Å². The molecule has 1 amide bonds. The molecule has 5 nitrogen and oxygen atoms in total. The SMILES string of the molecule is Cc1cccc(N2CCN(C(=O)C3(N)CCOCC3)CC2)c1.Cl.Cl. The molecule has 0 aromatic heterocycles. The Morgan fingerprint density at radius 3 is 2.33 bits per heavy atom. The van der Waals surface area contributed by atoms with Gasteiger partial charge in [-0.3, -0.25) is 4.79 Å². The van der Waals surface area contributed by atoms with Gasteiger partial charge in [-0.1, -0.05) is 12.1 Å². The van der Waals surface area contributed by atoms with Gasteiger partial charge in [-0.05, 0) is 37.5 Å². The molecule has 0 aliphatic carbocycles. The van der Waals surface area contributed by atoms with E-state index in [1.165, 1.54) is 11.3 Å². The van der Waals surface area contributed by atoms with E-state index in [9.17, 15) is 4.79 Å². The Morgan fingerprint density at radius 1 is 1.12 bits per heavy atom. The minimum Gasteiger partial charge on any atom is -0.381 e. The van der Waals surface area contributed by atoms with Crippen molar-refractivity contribution in [1.29, 1.82) is 0 Å². The summed E-state index contributed by atoms with van der Waals surface area (Å²) in [5.74, 6) is 0.0969. The van der Waals surface area contributed by atoms with Gasteiger partial charge < -0.3 is 20.3 Å². The van der Waals surface area contributed by atoms with Gasteiger partial charge >= 0.3 is 0 Å². The number of halogens is 2. The summed E-state index contributed by atoms with van der Waals surface area (Å²) >= 11 is 0. The van der Waals surface area contributed by atoms with Gasteiger partial charge in [0.15, 0.2) is 0 Å². The fourth-order valence-corrected chi connectivity index (χ4v) is 3.26. The molecule has 2 N–H and O–H groups in total. The molecule has 0 saturated carbocycles. The predicted molar refractivity (Wildman–Crippen MR) is 101 cm³/mol. The van der Waals surface area contributed by atoms with Crippen LogP contribution in [0.4, 0.5) is 5.69 Å². The van der Waals surface area contributed by atoms with E-state index in [2.05, 4.69) is 36.1 Å². The monoisotopic (exact) mass is 375 g/mol. The molecular weight excluding hydrogens is 349 g/mol. The van der Waals surface area contributed by atoms with Gasteiger partial charge in [0.2, 0.25) is 5.91 Å². The quantitative estimate of drug-likeness (QED) is 0.858. The van der Waals surface area contributed by atoms with Gasteiger partial charge in [0, 0.05) is 45.1 Å². The first kappa shape index (κ1) is 21.0. The first-order valence-corrected chi connectivity index (χ1v) is 8.06. The van der Waals surface area contributed by atoms with Crippen molar-refractivity contribution in [2.45, 2.75) is 25.3 Å². The molecule has 24 heavy (non-hydrogen) atoms. The number of benzene rings is 1. The third-order valence-electron chi connectivity index (χ3n) is 4.74. The molecule has 3 rings (SSSR count). The number of carbonyl (C=O) groups is 1. The zero-order valence-corrected chi connectivity index (χ0v) is 15.7. The molecule has 2 saturated heterocycles. The van der Waals surface area contributed by atoms with E-state index >= 15 is 0 Å². The molecule has 0 bridgehead atoms. The fourth-order valence-electron chi connectivity index (χ4n) is 3.26. The van der Waals surface area contributed by atoms with Crippen molar-refractivity contribution in [3.63, 3.8) is 0 Å². The van der Waals surface area contributed by atoms with Crippen LogP contribution in [0.25, 0.3) is 0 Å². The summed E-state index contributed by atoms with van der Waals surface area (Å²) < 4.78 is 5.33. The minimum absolute atomic E-state index is 0. The second-order valence-corrected chi connectivity index (χ2v) is 6.39. The van der Waals surface area contributed by atoms with Crippen molar-refractivity contribution in [1.82, 2.24) is 4.90 Å². The lowest BCUT2D eigenvalue weighted by Crippen LogP contribution is -2.61. The highest BCUT2D eigenvalue weighted by Crippen LogP contribution is 2.23. The highest BCUT2D eigenvalue weighted by molar-refractivity contribution is 5.86. The van der Waals surface area contributed by atoms with Crippen molar-refractivity contribution >= 4 is 36.4 Å². The van der Waals surface area contributed by atoms with Crippen molar-refractivity contribution in [3.05, 3.63) is 29.8 Å². The van der Waals surface area contributed by atoms with Crippen LogP contribution in [0.1, 0.15) is 18.4 Å². The van der Waals surface area contributed by atoms with E-state index in [4.69, 9.17) is 10.5 Å². The number of hydrogen-bond donors (Lipinski definition) is 1. The molecule has 0 unspecified atom stereocenters. The third-order valence-corrected chi connectivity index (χ3v) is 4.74. The van der Waals surface area contributed by atoms with Gasteiger partial charge in [-0.25, -0.2) is 0 Å². The molecule has 2 heterocycles. The summed E-state index contributed by atoms with van der Waals surface area (Å²) in [5, 5.41) is 0. The fraction of sp³-hybridized carbons (Fsp3) is 0.588. The molecule has 136 valence electrons. The molecule has 1 aromatic carbocycles. The van der Waals surface area contributed by atoms with Crippen LogP contribution in [0, 0.1) is 6.92 Å². The number of hydrogen-bond acceptors (Lipinski definition) is 4. The van der Waals surface area contributed by atoms with Crippen LogP contribution in [0.15, 0.2) is 24.3 Å². The van der Waals surface area contributed by atoms with Crippen LogP contribution >= 0.6 is 24.8 Å². The Bertz CT molecular complexity index is 542. The van der Waals surface area contributed by atoms with E-state index in [1.54, 1.807) is 0 Å². The number of carbonyl (C=O) groups excluding carboxylic acids is 1. The lowest BCUT2D eigenvalue weighted by molar-refractivity contribution is -0.140. The topological polar surface area (TPSA) is 58.8 Å². The van der Waals surface area contributed by atoms with E-state index in [-0.39, 0.29) is 30.7 Å². The van der Waals surface area contributed by atoms with E-state index in [0.29, 0.717) is 26.1 Å². The number of ether oxygens (including phenoxy) is 1. The molecule has 2 aliphatic heterocycles. The number of amides is 1. The summed E-state index contributed by atoms with van der Waals surface area (Å²) in [5.41, 5.74) is 8.10. The van der Waals surface area contributed by atoms with Crippen molar-refractivity contribution in [3.8, 4) is 0 Å². The highest BCUT2D eigenvalue weighted by Gasteiger charge is 2.39. The lowest BCUT2D eigenvalue weighted by atomic mass is 9.89. The standard InChI is InChI=1S/C17H25N3O2.2ClH/c1-14-3-2-4-15(13-14)19-7-9-20(10-8-19)16(21)17(18)5-11-22-12-6-17;;/h2-4,13H,5-12,18H2,1H3;2*1H. The molecule has 2 aliphatic rings. The second-order valence-electron chi connectivity index (χ2n) is 6.39. The van der Waals surface area contributed by atoms with Gasteiger partial charge in [-0.15, -0.1) is 24.8 Å². The number of nitrogens with zero attached hydrogens (tertiary/aromatic N) is 2. The van der Waals surface area contributed by atoms with Crippen molar-refractivity contribution < 1.29 is 9.53 Å². The van der Waals surface area contributed by atoms with Crippen molar-refractivity contribution in [2.75, 3.05) is 44.3 Å². The smallest absolute Gasteiger partial charge is 0.242 e. The Hall–Kier alpha value is -1.01. The number of anilines is 1. The highest BCUT2D eigenvalue weighted by atomic mass is 35.5. The maximum absolute atomic E-state index is 12.7. The molecule has 2 fully saturated rings. The van der Waals surface area contributed by atoms with E-state index in [0.717, 1.165) is 26.2 Å². The van der Waals surface area contributed by atoms with Crippen LogP contribution in [0.5, 0.6) is 0 Å². The lowest BCUT2D eigenvalue weighted by Gasteiger charge is -2.41. The Labute approximate surface area is 156 Å². The average molecular weight is 376 g/mol. The maximum atomic E-state index is 12.7. The Kier molecular flexibility index (Phi) is 7.80. The average Bonchev–Trinajstić information content (AvgIpc) is 2.55. The molecule has 0 spiro atoms. The van der Waals surface area contributed by atoms with Crippen LogP contribution in [0.3, 0.4) is 0 Å². The minimum atomic E-state index is -0.718. The number of rotatable bonds is 2. The Morgan fingerprint density at radius 2 is 1.75 bits per heavy atom. The molecule has 0 atom stereocenters. The molecular formula is C17H27Cl2N3O2. The van der Waals surface area contributed by atoms with Crippen LogP contribution in [-0.4, -0.2) is 55.7 Å². The third kappa shape index (κ3) is 4.54. The first-order chi connectivity index (χ1) is 10.6. The summed E-state index contributed by atoms with van der Waals surface area (Å²) in [7, 11) is 0. The largest absolute Gasteiger partial charge is 0.381 e. The summed E-state index contributed by atoms with van der Waals surface area (Å²) in [4.78, 5) is 17.0. The molecule has 0 radical (unpaired) electrons. The van der Waals surface area contributed by atoms with Gasteiger partial charge in [0.05, 0.1) is 5.54 Å². The first-order valence-electron chi connectivity index (χ1n) is 8.06. The zero-order valence-electron chi connectivity index (χ0n) is 14.1. The van der Waals surface area contributed by atoms with Crippen LogP contribution in [-0.2, 0) is 9.53 Å². The number of nitrogens with two attached hydrogens (primary N) is 1. The van der Waals surface area contributed by atoms with Gasteiger partial charge in [-0.2, -0.15) is 0 Å². The normalized spacial score (nSPS) is 19.9. The van der Waals surface area contributed by atoms with E-state index < -0.39 is 5.54 Å². The second kappa shape index (κ2) is 8.90. The zero-order chi connectivity index (χ0) is 15.6. The van der Waals surface area contributed by atoms with Crippen LogP contribution < -0.4 is 10.6 Å². The summed E-state index contributed by atoms with van der Waals surface area (Å²) in [6.07, 6.45) is 1.26. The number of piperazine rings is 1. The predicted octanol–water partition coefficient (Wildman–Crippen LogP) is 2.00. The van der Waals surface area contributed by atoms with Gasteiger partial charge in [0.1, 0.15) is 0 Å².